The third-order valence-electron chi connectivity index (χ3n) is 6.47. The average Bonchev–Trinajstić information content (AvgIpc) is 3.37. The van der Waals surface area contributed by atoms with Crippen LogP contribution in [0.4, 0.5) is 0 Å². The number of allylic oxidation sites excluding steroid dienone is 2. The van der Waals surface area contributed by atoms with Gasteiger partial charge in [-0.15, -0.1) is 0 Å². The number of likely N-dealkylation sites (tertiary alicyclic amines) is 1. The van der Waals surface area contributed by atoms with Crippen molar-refractivity contribution in [3.05, 3.63) is 42.2 Å². The van der Waals surface area contributed by atoms with Crippen LogP contribution in [0.15, 0.2) is 36.5 Å². The molecule has 0 radical (unpaired) electrons. The summed E-state index contributed by atoms with van der Waals surface area (Å²) in [5, 5.41) is 0. The molecule has 1 aliphatic carbocycles. The van der Waals surface area contributed by atoms with Gasteiger partial charge in [0.05, 0.1) is 17.9 Å². The second kappa shape index (κ2) is 8.53. The van der Waals surface area contributed by atoms with Crippen LogP contribution in [0.2, 0.25) is 0 Å². The zero-order valence-corrected chi connectivity index (χ0v) is 16.0. The molecule has 5 nitrogen and oxygen atoms in total. The molecule has 5 heteroatoms. The van der Waals surface area contributed by atoms with Gasteiger partial charge in [0.15, 0.2) is 0 Å². The quantitative estimate of drug-likeness (QED) is 0.569. The molecule has 0 unspecified atom stereocenters. The molecule has 2 fully saturated rings. The van der Waals surface area contributed by atoms with E-state index in [1.165, 1.54) is 0 Å². The van der Waals surface area contributed by atoms with Crippen molar-refractivity contribution in [1.82, 2.24) is 9.88 Å². The van der Waals surface area contributed by atoms with Gasteiger partial charge in [0.25, 0.3) is 0 Å². The Morgan fingerprint density at radius 3 is 2.81 bits per heavy atom. The second-order valence-electron chi connectivity index (χ2n) is 8.03. The third kappa shape index (κ3) is 4.25. The highest BCUT2D eigenvalue weighted by molar-refractivity contribution is 5.79. The molecule has 0 aromatic carbocycles. The molecule has 27 heavy (non-hydrogen) atoms. The first-order valence-corrected chi connectivity index (χ1v) is 10.3. The summed E-state index contributed by atoms with van der Waals surface area (Å²) in [6.07, 6.45) is 11.9. The molecule has 146 valence electrons. The van der Waals surface area contributed by atoms with E-state index >= 15 is 0 Å². The topological polar surface area (TPSA) is 51.7 Å². The average molecular weight is 370 g/mol. The number of amides is 1. The van der Waals surface area contributed by atoms with Crippen molar-refractivity contribution >= 4 is 5.91 Å². The number of rotatable bonds is 6. The summed E-state index contributed by atoms with van der Waals surface area (Å²) in [6.45, 7) is 3.81. The fourth-order valence-corrected chi connectivity index (χ4v) is 4.81. The molecule has 2 aliphatic heterocycles. The van der Waals surface area contributed by atoms with E-state index in [-0.39, 0.29) is 11.5 Å². The molecule has 1 aromatic heterocycles. The number of nitrogens with zero attached hydrogens (tertiary/aromatic N) is 2. The summed E-state index contributed by atoms with van der Waals surface area (Å²) in [7, 11) is 0. The van der Waals surface area contributed by atoms with E-state index in [4.69, 9.17) is 9.47 Å². The fraction of sp³-hybridized carbons (Fsp3) is 0.636. The van der Waals surface area contributed by atoms with Gasteiger partial charge >= 0.3 is 0 Å². The molecule has 1 atom stereocenters. The van der Waals surface area contributed by atoms with Crippen LogP contribution in [-0.4, -0.2) is 47.7 Å². The van der Waals surface area contributed by atoms with Gasteiger partial charge < -0.3 is 14.4 Å². The number of hydrogen-bond acceptors (Lipinski definition) is 4. The van der Waals surface area contributed by atoms with Crippen molar-refractivity contribution in [2.45, 2.75) is 50.7 Å². The third-order valence-corrected chi connectivity index (χ3v) is 6.47. The number of hydrogen-bond donors (Lipinski definition) is 0. The molecule has 1 aromatic rings. The summed E-state index contributed by atoms with van der Waals surface area (Å²) >= 11 is 0. The van der Waals surface area contributed by atoms with Crippen LogP contribution in [0.25, 0.3) is 0 Å². The van der Waals surface area contributed by atoms with Crippen molar-refractivity contribution in [3.8, 4) is 0 Å². The maximum atomic E-state index is 12.7. The second-order valence-corrected chi connectivity index (χ2v) is 8.03. The molecular formula is C22H30N2O3. The Hall–Kier alpha value is -1.72. The Labute approximate surface area is 161 Å². The maximum absolute atomic E-state index is 12.7. The van der Waals surface area contributed by atoms with Crippen molar-refractivity contribution in [3.63, 3.8) is 0 Å². The Morgan fingerprint density at radius 1 is 1.26 bits per heavy atom. The van der Waals surface area contributed by atoms with Gasteiger partial charge in [-0.05, 0) is 56.6 Å². The number of aromatic nitrogens is 1. The minimum absolute atomic E-state index is 0.0426. The Kier molecular flexibility index (Phi) is 5.89. The van der Waals surface area contributed by atoms with Gasteiger partial charge in [-0.3, -0.25) is 9.78 Å². The van der Waals surface area contributed by atoms with Crippen molar-refractivity contribution in [1.29, 1.82) is 0 Å². The van der Waals surface area contributed by atoms with Crippen molar-refractivity contribution < 1.29 is 14.3 Å². The van der Waals surface area contributed by atoms with Crippen LogP contribution in [0.5, 0.6) is 0 Å². The lowest BCUT2D eigenvalue weighted by atomic mass is 9.78. The summed E-state index contributed by atoms with van der Waals surface area (Å²) in [5.74, 6) is 1.05. The molecule has 0 saturated carbocycles. The van der Waals surface area contributed by atoms with Crippen molar-refractivity contribution in [2.75, 3.05) is 26.3 Å². The van der Waals surface area contributed by atoms with E-state index < -0.39 is 0 Å². The molecule has 4 rings (SSSR count). The molecule has 0 N–H and O–H groups in total. The largest absolute Gasteiger partial charge is 0.375 e. The molecular weight excluding hydrogens is 340 g/mol. The van der Waals surface area contributed by atoms with Gasteiger partial charge in [0.1, 0.15) is 0 Å². The zero-order valence-electron chi connectivity index (χ0n) is 16.0. The van der Waals surface area contributed by atoms with Gasteiger partial charge in [-0.25, -0.2) is 0 Å². The van der Waals surface area contributed by atoms with E-state index in [0.29, 0.717) is 18.4 Å². The Balaban J connectivity index is 1.24. The van der Waals surface area contributed by atoms with E-state index in [1.807, 2.05) is 18.2 Å². The standard InChI is InChI=1S/C22H30N2O3/c25-21(18-5-1-2-6-18)24-13-10-22(11-14-24)19(9-16-27-22)8-15-26-17-20-7-3-4-12-23-20/h1-4,7,12,18-19H,5-6,8-11,13-17H2/t19-/m0/s1. The van der Waals surface area contributed by atoms with E-state index in [9.17, 15) is 4.79 Å². The minimum atomic E-state index is -0.0426. The first-order valence-electron chi connectivity index (χ1n) is 10.3. The first-order chi connectivity index (χ1) is 13.3. The fourth-order valence-electron chi connectivity index (χ4n) is 4.81. The van der Waals surface area contributed by atoms with E-state index in [0.717, 1.165) is 70.5 Å². The molecule has 0 bridgehead atoms. The highest BCUT2D eigenvalue weighted by atomic mass is 16.5. The Morgan fingerprint density at radius 2 is 2.07 bits per heavy atom. The number of carbonyl (C=O) groups is 1. The zero-order chi connectivity index (χ0) is 18.5. The molecule has 1 spiro atoms. The maximum Gasteiger partial charge on any atom is 0.226 e. The molecule has 2 saturated heterocycles. The van der Waals surface area contributed by atoms with Crippen LogP contribution >= 0.6 is 0 Å². The summed E-state index contributed by atoms with van der Waals surface area (Å²) in [5.41, 5.74) is 0.933. The predicted molar refractivity (Wildman–Crippen MR) is 103 cm³/mol. The summed E-state index contributed by atoms with van der Waals surface area (Å²) in [6, 6.07) is 5.90. The highest BCUT2D eigenvalue weighted by Crippen LogP contribution is 2.42. The number of carbonyl (C=O) groups excluding carboxylic acids is 1. The molecule has 1 amide bonds. The lowest BCUT2D eigenvalue weighted by molar-refractivity contribution is -0.141. The van der Waals surface area contributed by atoms with Crippen LogP contribution in [0.3, 0.4) is 0 Å². The first kappa shape index (κ1) is 18.6. The van der Waals surface area contributed by atoms with Gasteiger partial charge in [-0.1, -0.05) is 18.2 Å². The van der Waals surface area contributed by atoms with Gasteiger partial charge in [-0.2, -0.15) is 0 Å². The smallest absolute Gasteiger partial charge is 0.226 e. The lowest BCUT2D eigenvalue weighted by Crippen LogP contribution is -2.50. The van der Waals surface area contributed by atoms with Crippen LogP contribution < -0.4 is 0 Å². The van der Waals surface area contributed by atoms with Gasteiger partial charge in [0, 0.05) is 38.4 Å². The molecule has 3 heterocycles. The van der Waals surface area contributed by atoms with Crippen molar-refractivity contribution in [2.24, 2.45) is 11.8 Å². The van der Waals surface area contributed by atoms with E-state index in [2.05, 4.69) is 22.0 Å². The number of pyridine rings is 1. The summed E-state index contributed by atoms with van der Waals surface area (Å²) < 4.78 is 12.1. The lowest BCUT2D eigenvalue weighted by Gasteiger charge is -2.43. The van der Waals surface area contributed by atoms with Gasteiger partial charge in [0.2, 0.25) is 5.91 Å². The highest BCUT2D eigenvalue weighted by Gasteiger charge is 2.46. The Bertz CT molecular complexity index is 645. The van der Waals surface area contributed by atoms with Crippen LogP contribution in [-0.2, 0) is 20.9 Å². The number of piperidine rings is 1. The monoisotopic (exact) mass is 370 g/mol. The molecule has 3 aliphatic rings. The SMILES string of the molecule is O=C(C1CC=CC1)N1CCC2(CC1)OCC[C@@H]2CCOCc1ccccn1. The van der Waals surface area contributed by atoms with E-state index in [1.54, 1.807) is 6.20 Å². The van der Waals surface area contributed by atoms with Crippen LogP contribution in [0.1, 0.15) is 44.2 Å². The minimum Gasteiger partial charge on any atom is -0.375 e. The normalized spacial score (nSPS) is 24.7. The predicted octanol–water partition coefficient (Wildman–Crippen LogP) is 3.35. The summed E-state index contributed by atoms with van der Waals surface area (Å²) in [4.78, 5) is 19.0. The number of ether oxygens (including phenoxy) is 2. The van der Waals surface area contributed by atoms with Crippen LogP contribution in [0, 0.1) is 11.8 Å².